The summed E-state index contributed by atoms with van der Waals surface area (Å²) in [5.74, 6) is 1.01. The summed E-state index contributed by atoms with van der Waals surface area (Å²) < 4.78 is 6.48. The Bertz CT molecular complexity index is 1400. The van der Waals surface area contributed by atoms with Gasteiger partial charge in [-0.05, 0) is 82.9 Å². The fraction of sp³-hybridized carbons (Fsp3) is 0.161. The Hall–Kier alpha value is -3.23. The lowest BCUT2D eigenvalue weighted by atomic mass is 10.0. The quantitative estimate of drug-likeness (QED) is 0.179. The maximum atomic E-state index is 11.6. The summed E-state index contributed by atoms with van der Waals surface area (Å²) >= 11 is 9.13. The summed E-state index contributed by atoms with van der Waals surface area (Å²) in [6.07, 6.45) is 8.95. The fourth-order valence-electron chi connectivity index (χ4n) is 4.33. The molecule has 3 aromatic carbocycles. The lowest BCUT2D eigenvalue weighted by molar-refractivity contribution is -0.118. The average Bonchev–Trinajstić information content (AvgIpc) is 3.62. The van der Waals surface area contributed by atoms with Gasteiger partial charge in [-0.2, -0.15) is 0 Å². The molecule has 3 aromatic rings. The van der Waals surface area contributed by atoms with E-state index in [1.165, 1.54) is 17.5 Å². The Morgan fingerprint density at radius 2 is 1.77 bits per heavy atom. The standard InChI is InChI=1S/C31H29ClN4OS2/c1-2-3-4-5-26-20-33-31(34-26)28(18-21-6-8-24(9-7-21)29-19-30(37)36-39-29)35-38-27-16-12-23(13-17-27)22-10-14-25(32)15-11-22/h2-17,28-29,35H,1,18-20H2,(H,33,34)(H,36,37)/b4-3-,26-5+. The summed E-state index contributed by atoms with van der Waals surface area (Å²) in [6.45, 7) is 4.34. The van der Waals surface area contributed by atoms with Crippen LogP contribution in [0.4, 0.5) is 0 Å². The van der Waals surface area contributed by atoms with Crippen molar-refractivity contribution >= 4 is 47.2 Å². The molecule has 5 nitrogen and oxygen atoms in total. The van der Waals surface area contributed by atoms with E-state index in [-0.39, 0.29) is 17.2 Å². The molecule has 2 heterocycles. The zero-order valence-electron chi connectivity index (χ0n) is 21.3. The Kier molecular flexibility index (Phi) is 9.27. The highest BCUT2D eigenvalue weighted by Gasteiger charge is 2.25. The van der Waals surface area contributed by atoms with E-state index in [0.717, 1.165) is 44.6 Å². The van der Waals surface area contributed by atoms with Crippen LogP contribution in [-0.4, -0.2) is 24.3 Å². The third-order valence-corrected chi connectivity index (χ3v) is 8.64. The van der Waals surface area contributed by atoms with E-state index in [4.69, 9.17) is 16.6 Å². The number of nitrogens with one attached hydrogen (secondary N) is 3. The van der Waals surface area contributed by atoms with Crippen LogP contribution in [0.25, 0.3) is 11.1 Å². The number of amidine groups is 1. The normalized spacial score (nSPS) is 18.7. The first-order valence-corrected chi connectivity index (χ1v) is 14.8. The van der Waals surface area contributed by atoms with E-state index in [1.54, 1.807) is 18.0 Å². The van der Waals surface area contributed by atoms with Crippen LogP contribution in [0.15, 0.2) is 119 Å². The Morgan fingerprint density at radius 3 is 2.44 bits per heavy atom. The van der Waals surface area contributed by atoms with Gasteiger partial charge in [0.25, 0.3) is 0 Å². The molecule has 1 fully saturated rings. The summed E-state index contributed by atoms with van der Waals surface area (Å²) in [5, 5.41) is 4.40. The molecule has 0 spiro atoms. The third kappa shape index (κ3) is 7.46. The Labute approximate surface area is 243 Å². The van der Waals surface area contributed by atoms with Crippen LogP contribution in [0.3, 0.4) is 0 Å². The van der Waals surface area contributed by atoms with Crippen LogP contribution in [-0.2, 0) is 11.2 Å². The molecule has 1 amide bonds. The third-order valence-electron chi connectivity index (χ3n) is 6.41. The van der Waals surface area contributed by atoms with Crippen LogP contribution >= 0.6 is 35.5 Å². The van der Waals surface area contributed by atoms with Gasteiger partial charge in [-0.3, -0.25) is 14.5 Å². The first-order chi connectivity index (χ1) is 19.1. The molecule has 1 saturated heterocycles. The molecule has 39 heavy (non-hydrogen) atoms. The maximum absolute atomic E-state index is 11.6. The van der Waals surface area contributed by atoms with Gasteiger partial charge >= 0.3 is 0 Å². The number of rotatable bonds is 10. The minimum Gasteiger partial charge on any atom is -0.345 e. The van der Waals surface area contributed by atoms with E-state index < -0.39 is 0 Å². The molecule has 2 aliphatic heterocycles. The summed E-state index contributed by atoms with van der Waals surface area (Å²) in [6, 6.07) is 24.9. The van der Waals surface area contributed by atoms with Crippen molar-refractivity contribution < 1.29 is 4.79 Å². The first-order valence-electron chi connectivity index (χ1n) is 12.7. The predicted molar refractivity (Wildman–Crippen MR) is 166 cm³/mol. The van der Waals surface area contributed by atoms with Crippen molar-refractivity contribution in [2.45, 2.75) is 29.0 Å². The van der Waals surface area contributed by atoms with Gasteiger partial charge in [0, 0.05) is 22.0 Å². The number of allylic oxidation sites excluding steroid dienone is 4. The molecule has 0 radical (unpaired) electrons. The molecule has 2 unspecified atom stereocenters. The number of hydrogen-bond donors (Lipinski definition) is 3. The van der Waals surface area contributed by atoms with E-state index in [1.807, 2.05) is 42.5 Å². The molecule has 8 heteroatoms. The van der Waals surface area contributed by atoms with Gasteiger partial charge in [-0.25, -0.2) is 4.72 Å². The number of nitrogens with zero attached hydrogens (tertiary/aromatic N) is 1. The largest absolute Gasteiger partial charge is 0.345 e. The molecular formula is C31H29ClN4OS2. The smallest absolute Gasteiger partial charge is 0.231 e. The van der Waals surface area contributed by atoms with Crippen molar-refractivity contribution in [3.63, 3.8) is 0 Å². The van der Waals surface area contributed by atoms with Crippen molar-refractivity contribution in [3.05, 3.63) is 126 Å². The SMILES string of the molecule is C=C/C=C\C=C1/CN=C(C(Cc2ccc(C3CC(=O)NS3)cc2)NSc2ccc(-c3ccc(Cl)cc3)cc2)N1. The van der Waals surface area contributed by atoms with Gasteiger partial charge in [0.2, 0.25) is 5.91 Å². The summed E-state index contributed by atoms with van der Waals surface area (Å²) in [7, 11) is 0. The molecule has 5 rings (SSSR count). The fourth-order valence-corrected chi connectivity index (χ4v) is 6.08. The number of benzene rings is 3. The van der Waals surface area contributed by atoms with Crippen LogP contribution in [0.1, 0.15) is 22.8 Å². The van der Waals surface area contributed by atoms with Gasteiger partial charge in [-0.15, -0.1) is 0 Å². The number of aliphatic imine (C=N–C) groups is 1. The van der Waals surface area contributed by atoms with Crippen molar-refractivity contribution in [2.24, 2.45) is 4.99 Å². The minimum absolute atomic E-state index is 0.0184. The number of halogens is 1. The van der Waals surface area contributed by atoms with Crippen LogP contribution in [0, 0.1) is 0 Å². The van der Waals surface area contributed by atoms with E-state index in [0.29, 0.717) is 13.0 Å². The number of hydrogen-bond acceptors (Lipinski definition) is 6. The van der Waals surface area contributed by atoms with Crippen LogP contribution < -0.4 is 14.8 Å². The number of amides is 1. The number of carbonyl (C=O) groups excluding carboxylic acids is 1. The molecular weight excluding hydrogens is 544 g/mol. The Morgan fingerprint density at radius 1 is 1.05 bits per heavy atom. The highest BCUT2D eigenvalue weighted by Crippen LogP contribution is 2.35. The van der Waals surface area contributed by atoms with Gasteiger partial charge < -0.3 is 5.32 Å². The minimum atomic E-state index is -0.0184. The maximum Gasteiger partial charge on any atom is 0.231 e. The van der Waals surface area contributed by atoms with Gasteiger partial charge in [-0.1, -0.05) is 84.9 Å². The van der Waals surface area contributed by atoms with Crippen molar-refractivity contribution in [1.29, 1.82) is 0 Å². The van der Waals surface area contributed by atoms with Crippen molar-refractivity contribution in [1.82, 2.24) is 14.8 Å². The van der Waals surface area contributed by atoms with Gasteiger partial charge in [0.15, 0.2) is 0 Å². The van der Waals surface area contributed by atoms with Crippen molar-refractivity contribution in [2.75, 3.05) is 6.54 Å². The lowest BCUT2D eigenvalue weighted by Gasteiger charge is -2.19. The molecule has 0 bridgehead atoms. The second-order valence-corrected chi connectivity index (χ2v) is 11.6. The average molecular weight is 573 g/mol. The topological polar surface area (TPSA) is 65.5 Å². The van der Waals surface area contributed by atoms with Crippen LogP contribution in [0.5, 0.6) is 0 Å². The van der Waals surface area contributed by atoms with E-state index in [2.05, 4.69) is 69.9 Å². The van der Waals surface area contributed by atoms with Crippen molar-refractivity contribution in [3.8, 4) is 11.1 Å². The molecule has 2 atom stereocenters. The summed E-state index contributed by atoms with van der Waals surface area (Å²) in [4.78, 5) is 17.5. The lowest BCUT2D eigenvalue weighted by Crippen LogP contribution is -2.40. The Balaban J connectivity index is 1.27. The molecule has 0 aliphatic carbocycles. The monoisotopic (exact) mass is 572 g/mol. The first kappa shape index (κ1) is 27.3. The highest BCUT2D eigenvalue weighted by molar-refractivity contribution is 7.98. The molecule has 3 N–H and O–H groups in total. The molecule has 198 valence electrons. The predicted octanol–water partition coefficient (Wildman–Crippen LogP) is 7.05. The van der Waals surface area contributed by atoms with Gasteiger partial charge in [0.05, 0.1) is 17.8 Å². The second kappa shape index (κ2) is 13.2. The second-order valence-electron chi connectivity index (χ2n) is 9.22. The molecule has 0 saturated carbocycles. The molecule has 0 aromatic heterocycles. The van der Waals surface area contributed by atoms with E-state index >= 15 is 0 Å². The van der Waals surface area contributed by atoms with E-state index in [9.17, 15) is 4.79 Å². The summed E-state index contributed by atoms with van der Waals surface area (Å²) in [5.41, 5.74) is 5.70. The van der Waals surface area contributed by atoms with Crippen LogP contribution in [0.2, 0.25) is 5.02 Å². The highest BCUT2D eigenvalue weighted by atomic mass is 35.5. The number of carbonyl (C=O) groups is 1. The zero-order valence-corrected chi connectivity index (χ0v) is 23.7. The zero-order chi connectivity index (χ0) is 27.0. The van der Waals surface area contributed by atoms with Gasteiger partial charge in [0.1, 0.15) is 5.84 Å². The molecule has 2 aliphatic rings.